The van der Waals surface area contributed by atoms with Gasteiger partial charge in [-0.25, -0.2) is 4.39 Å². The van der Waals surface area contributed by atoms with Crippen molar-refractivity contribution in [1.29, 1.82) is 0 Å². The van der Waals surface area contributed by atoms with Gasteiger partial charge >= 0.3 is 0 Å². The number of aliphatic hydroxyl groups excluding tert-OH is 1. The van der Waals surface area contributed by atoms with Crippen LogP contribution >= 0.6 is 0 Å². The van der Waals surface area contributed by atoms with Gasteiger partial charge in [-0.15, -0.1) is 12.3 Å². The van der Waals surface area contributed by atoms with E-state index in [1.165, 1.54) is 24.3 Å². The van der Waals surface area contributed by atoms with E-state index in [4.69, 9.17) is 11.2 Å². The van der Waals surface area contributed by atoms with Crippen molar-refractivity contribution in [3.63, 3.8) is 0 Å². The summed E-state index contributed by atoms with van der Waals surface area (Å²) in [6, 6.07) is 5.84. The number of nitrogens with one attached hydrogen (secondary N) is 1. The molecule has 0 radical (unpaired) electrons. The predicted molar refractivity (Wildman–Crippen MR) is 68.8 cm³/mol. The third-order valence-electron chi connectivity index (χ3n) is 2.38. The second kappa shape index (κ2) is 7.70. The lowest BCUT2D eigenvalue weighted by Crippen LogP contribution is -2.36. The number of hydrogen-bond donors (Lipinski definition) is 2. The van der Waals surface area contributed by atoms with Gasteiger partial charge in [0.2, 0.25) is 0 Å². The van der Waals surface area contributed by atoms with Crippen molar-refractivity contribution in [2.24, 2.45) is 0 Å². The molecule has 0 saturated carbocycles. The minimum absolute atomic E-state index is 0.154. The van der Waals surface area contributed by atoms with E-state index in [0.29, 0.717) is 18.7 Å². The first-order valence-electron chi connectivity index (χ1n) is 5.85. The van der Waals surface area contributed by atoms with Crippen molar-refractivity contribution in [3.8, 4) is 18.1 Å². The summed E-state index contributed by atoms with van der Waals surface area (Å²) in [4.78, 5) is 0. The minimum Gasteiger partial charge on any atom is -0.491 e. The molecule has 1 rings (SSSR count). The second-order valence-corrected chi connectivity index (χ2v) is 4.14. The van der Waals surface area contributed by atoms with Crippen LogP contribution in [-0.2, 0) is 0 Å². The molecule has 18 heavy (non-hydrogen) atoms. The Morgan fingerprint density at radius 2 is 2.11 bits per heavy atom. The van der Waals surface area contributed by atoms with Crippen molar-refractivity contribution >= 4 is 0 Å². The van der Waals surface area contributed by atoms with E-state index >= 15 is 0 Å². The van der Waals surface area contributed by atoms with Crippen LogP contribution in [0.4, 0.5) is 4.39 Å². The Morgan fingerprint density at radius 3 is 2.72 bits per heavy atom. The fraction of sp³-hybridized carbons (Fsp3) is 0.429. The lowest BCUT2D eigenvalue weighted by molar-refractivity contribution is 0.104. The van der Waals surface area contributed by atoms with Crippen LogP contribution in [0.15, 0.2) is 24.3 Å². The van der Waals surface area contributed by atoms with Crippen LogP contribution in [0.2, 0.25) is 0 Å². The fourth-order valence-electron chi connectivity index (χ4n) is 1.37. The van der Waals surface area contributed by atoms with E-state index in [1.807, 2.05) is 6.92 Å². The molecule has 0 bridgehead atoms. The van der Waals surface area contributed by atoms with Crippen molar-refractivity contribution in [3.05, 3.63) is 30.1 Å². The summed E-state index contributed by atoms with van der Waals surface area (Å²) in [5.41, 5.74) is 0. The van der Waals surface area contributed by atoms with Crippen molar-refractivity contribution in [2.75, 3.05) is 13.2 Å². The van der Waals surface area contributed by atoms with E-state index in [0.717, 1.165) is 0 Å². The van der Waals surface area contributed by atoms with Gasteiger partial charge in [0.25, 0.3) is 0 Å². The maximum Gasteiger partial charge on any atom is 0.123 e. The number of benzene rings is 1. The Labute approximate surface area is 107 Å². The average Bonchev–Trinajstić information content (AvgIpc) is 2.36. The highest BCUT2D eigenvalue weighted by molar-refractivity contribution is 5.22. The molecule has 0 heterocycles. The first-order valence-corrected chi connectivity index (χ1v) is 5.85. The van der Waals surface area contributed by atoms with Crippen LogP contribution in [-0.4, -0.2) is 30.4 Å². The smallest absolute Gasteiger partial charge is 0.123 e. The van der Waals surface area contributed by atoms with Crippen LogP contribution in [0, 0.1) is 18.2 Å². The molecule has 0 amide bonds. The number of hydrogen-bond acceptors (Lipinski definition) is 3. The Hall–Kier alpha value is -1.57. The number of ether oxygens (including phenoxy) is 1. The van der Waals surface area contributed by atoms with Crippen LogP contribution in [0.5, 0.6) is 5.75 Å². The van der Waals surface area contributed by atoms with Crippen molar-refractivity contribution in [2.45, 2.75) is 25.5 Å². The maximum atomic E-state index is 12.6. The summed E-state index contributed by atoms with van der Waals surface area (Å²) in [6.45, 7) is 2.51. The summed E-state index contributed by atoms with van der Waals surface area (Å²) in [5, 5.41) is 12.8. The van der Waals surface area contributed by atoms with Crippen LogP contribution in [0.3, 0.4) is 0 Å². The zero-order valence-electron chi connectivity index (χ0n) is 10.4. The molecule has 0 saturated heterocycles. The summed E-state index contributed by atoms with van der Waals surface area (Å²) in [6.07, 6.45) is 5.16. The second-order valence-electron chi connectivity index (χ2n) is 4.14. The maximum absolute atomic E-state index is 12.6. The third kappa shape index (κ3) is 5.67. The quantitative estimate of drug-likeness (QED) is 0.723. The molecule has 0 spiro atoms. The predicted octanol–water partition coefficient (Wildman–Crippen LogP) is 1.57. The highest BCUT2D eigenvalue weighted by Crippen LogP contribution is 2.11. The first-order chi connectivity index (χ1) is 8.61. The van der Waals surface area contributed by atoms with E-state index in [-0.39, 0.29) is 18.5 Å². The van der Waals surface area contributed by atoms with Gasteiger partial charge in [-0.05, 0) is 31.2 Å². The number of terminal acetylenes is 1. The SMILES string of the molecule is C#CCC(C)NCC(O)COc1ccc(F)cc1. The van der Waals surface area contributed by atoms with Crippen LogP contribution in [0.1, 0.15) is 13.3 Å². The van der Waals surface area contributed by atoms with Gasteiger partial charge in [0.05, 0.1) is 0 Å². The van der Waals surface area contributed by atoms with Gasteiger partial charge in [0, 0.05) is 19.0 Å². The molecule has 4 heteroatoms. The standard InChI is InChI=1S/C14H18FNO2/c1-3-4-11(2)16-9-13(17)10-18-14-7-5-12(15)6-8-14/h1,5-8,11,13,16-17H,4,9-10H2,2H3. The number of aliphatic hydroxyl groups is 1. The lowest BCUT2D eigenvalue weighted by atomic mass is 10.2. The zero-order valence-corrected chi connectivity index (χ0v) is 10.4. The van der Waals surface area contributed by atoms with Gasteiger partial charge in [-0.2, -0.15) is 0 Å². The Kier molecular flexibility index (Phi) is 6.20. The van der Waals surface area contributed by atoms with Gasteiger partial charge in [0.15, 0.2) is 0 Å². The average molecular weight is 251 g/mol. The van der Waals surface area contributed by atoms with Crippen LogP contribution in [0.25, 0.3) is 0 Å². The molecule has 2 N–H and O–H groups in total. The Balaban J connectivity index is 2.23. The summed E-state index contributed by atoms with van der Waals surface area (Å²) >= 11 is 0. The van der Waals surface area contributed by atoms with E-state index < -0.39 is 6.10 Å². The molecule has 2 atom stereocenters. The molecule has 2 unspecified atom stereocenters. The molecular formula is C14H18FNO2. The number of rotatable bonds is 7. The normalized spacial score (nSPS) is 13.7. The monoisotopic (exact) mass is 251 g/mol. The molecule has 0 aliphatic heterocycles. The highest BCUT2D eigenvalue weighted by Gasteiger charge is 2.07. The van der Waals surface area contributed by atoms with Crippen LogP contribution < -0.4 is 10.1 Å². The molecule has 98 valence electrons. The van der Waals surface area contributed by atoms with Gasteiger partial charge in [-0.1, -0.05) is 0 Å². The number of halogens is 1. The fourth-order valence-corrected chi connectivity index (χ4v) is 1.37. The van der Waals surface area contributed by atoms with E-state index in [1.54, 1.807) is 0 Å². The molecule has 0 aliphatic rings. The topological polar surface area (TPSA) is 41.5 Å². The van der Waals surface area contributed by atoms with Crippen molar-refractivity contribution < 1.29 is 14.2 Å². The summed E-state index contributed by atoms with van der Waals surface area (Å²) in [7, 11) is 0. The molecule has 3 nitrogen and oxygen atoms in total. The van der Waals surface area contributed by atoms with Gasteiger partial charge in [-0.3, -0.25) is 0 Å². The molecule has 0 aromatic heterocycles. The first kappa shape index (κ1) is 14.5. The van der Waals surface area contributed by atoms with Crippen molar-refractivity contribution in [1.82, 2.24) is 5.32 Å². The minimum atomic E-state index is -0.629. The molecule has 1 aromatic carbocycles. The van der Waals surface area contributed by atoms with Gasteiger partial charge < -0.3 is 15.2 Å². The largest absolute Gasteiger partial charge is 0.491 e. The zero-order chi connectivity index (χ0) is 13.4. The van der Waals surface area contributed by atoms with E-state index in [9.17, 15) is 9.50 Å². The lowest BCUT2D eigenvalue weighted by Gasteiger charge is -2.16. The Bertz CT molecular complexity index is 386. The molecule has 0 fully saturated rings. The van der Waals surface area contributed by atoms with Gasteiger partial charge in [0.1, 0.15) is 24.3 Å². The summed E-state index contributed by atoms with van der Waals surface area (Å²) < 4.78 is 18.0. The van der Waals surface area contributed by atoms with E-state index in [2.05, 4.69) is 11.2 Å². The molecule has 0 aliphatic carbocycles. The molecular weight excluding hydrogens is 233 g/mol. The molecule has 1 aromatic rings. The third-order valence-corrected chi connectivity index (χ3v) is 2.38. The highest BCUT2D eigenvalue weighted by atomic mass is 19.1. The Morgan fingerprint density at radius 1 is 1.44 bits per heavy atom. The summed E-state index contributed by atoms with van der Waals surface area (Å²) in [5.74, 6) is 2.77.